The SMILES string of the molecule is CC(C)(C)c1cc(Br)ccc1OCC(=O)Nc1cccc(Br)c1. The van der Waals surface area contributed by atoms with Gasteiger partial charge in [-0.1, -0.05) is 58.7 Å². The van der Waals surface area contributed by atoms with Crippen molar-refractivity contribution in [2.24, 2.45) is 0 Å². The second-order valence-electron chi connectivity index (χ2n) is 6.24. The third kappa shape index (κ3) is 5.36. The number of anilines is 1. The summed E-state index contributed by atoms with van der Waals surface area (Å²) in [5, 5.41) is 2.82. The number of hydrogen-bond acceptors (Lipinski definition) is 2. The second kappa shape index (κ2) is 7.49. The van der Waals surface area contributed by atoms with Gasteiger partial charge in [-0.15, -0.1) is 0 Å². The third-order valence-electron chi connectivity index (χ3n) is 3.22. The molecule has 0 unspecified atom stereocenters. The first-order valence-electron chi connectivity index (χ1n) is 7.24. The highest BCUT2D eigenvalue weighted by Crippen LogP contribution is 2.33. The topological polar surface area (TPSA) is 38.3 Å². The average Bonchev–Trinajstić information content (AvgIpc) is 2.45. The van der Waals surface area contributed by atoms with Gasteiger partial charge in [0.05, 0.1) is 0 Å². The molecule has 0 atom stereocenters. The zero-order valence-corrected chi connectivity index (χ0v) is 16.5. The lowest BCUT2D eigenvalue weighted by molar-refractivity contribution is -0.118. The molecule has 23 heavy (non-hydrogen) atoms. The van der Waals surface area contributed by atoms with Crippen LogP contribution in [-0.2, 0) is 10.2 Å². The molecule has 0 aliphatic carbocycles. The number of carbonyl (C=O) groups excluding carboxylic acids is 1. The minimum absolute atomic E-state index is 0.0305. The van der Waals surface area contributed by atoms with Crippen molar-refractivity contribution >= 4 is 43.5 Å². The summed E-state index contributed by atoms with van der Waals surface area (Å²) >= 11 is 6.86. The van der Waals surface area contributed by atoms with E-state index < -0.39 is 0 Å². The van der Waals surface area contributed by atoms with Crippen molar-refractivity contribution in [2.45, 2.75) is 26.2 Å². The Morgan fingerprint density at radius 3 is 2.43 bits per heavy atom. The molecule has 0 saturated heterocycles. The Labute approximate surface area is 153 Å². The molecular weight excluding hydrogens is 422 g/mol. The van der Waals surface area contributed by atoms with Crippen LogP contribution in [0.3, 0.4) is 0 Å². The van der Waals surface area contributed by atoms with Gasteiger partial charge in [0.1, 0.15) is 5.75 Å². The number of carbonyl (C=O) groups is 1. The van der Waals surface area contributed by atoms with Crippen molar-refractivity contribution in [2.75, 3.05) is 11.9 Å². The lowest BCUT2D eigenvalue weighted by atomic mass is 9.86. The zero-order valence-electron chi connectivity index (χ0n) is 13.3. The highest BCUT2D eigenvalue weighted by Gasteiger charge is 2.20. The lowest BCUT2D eigenvalue weighted by Crippen LogP contribution is -2.22. The molecule has 0 bridgehead atoms. The standard InChI is InChI=1S/C18H19Br2NO2/c1-18(2,3)15-10-13(20)7-8-16(15)23-11-17(22)21-14-6-4-5-12(19)9-14/h4-10H,11H2,1-3H3,(H,21,22). The summed E-state index contributed by atoms with van der Waals surface area (Å²) in [5.74, 6) is 0.538. The fraction of sp³-hybridized carbons (Fsp3) is 0.278. The molecule has 2 aromatic carbocycles. The molecule has 3 nitrogen and oxygen atoms in total. The molecule has 0 saturated carbocycles. The molecule has 1 amide bonds. The number of rotatable bonds is 4. The highest BCUT2D eigenvalue weighted by atomic mass is 79.9. The van der Waals surface area contributed by atoms with Gasteiger partial charge >= 0.3 is 0 Å². The molecule has 0 aromatic heterocycles. The van der Waals surface area contributed by atoms with Crippen LogP contribution in [0.4, 0.5) is 5.69 Å². The van der Waals surface area contributed by atoms with Gasteiger partial charge in [-0.25, -0.2) is 0 Å². The highest BCUT2D eigenvalue weighted by molar-refractivity contribution is 9.10. The summed E-state index contributed by atoms with van der Waals surface area (Å²) in [6.07, 6.45) is 0. The minimum atomic E-state index is -0.189. The van der Waals surface area contributed by atoms with Gasteiger partial charge in [0.15, 0.2) is 6.61 Å². The molecule has 0 radical (unpaired) electrons. The van der Waals surface area contributed by atoms with Gasteiger partial charge in [0.2, 0.25) is 0 Å². The summed E-state index contributed by atoms with van der Waals surface area (Å²) in [4.78, 5) is 12.1. The van der Waals surface area contributed by atoms with E-state index in [1.807, 2.05) is 42.5 Å². The normalized spacial score (nSPS) is 11.2. The molecule has 0 fully saturated rings. The first kappa shape index (κ1) is 18.0. The summed E-state index contributed by atoms with van der Waals surface area (Å²) in [7, 11) is 0. The molecule has 122 valence electrons. The van der Waals surface area contributed by atoms with E-state index in [1.165, 1.54) is 0 Å². The Morgan fingerprint density at radius 2 is 1.78 bits per heavy atom. The van der Waals surface area contributed by atoms with Crippen molar-refractivity contribution in [1.29, 1.82) is 0 Å². The van der Waals surface area contributed by atoms with Crippen LogP contribution in [0.1, 0.15) is 26.3 Å². The predicted octanol–water partition coefficient (Wildman–Crippen LogP) is 5.53. The van der Waals surface area contributed by atoms with Gasteiger partial charge in [-0.2, -0.15) is 0 Å². The first-order chi connectivity index (χ1) is 10.8. The smallest absolute Gasteiger partial charge is 0.262 e. The van der Waals surface area contributed by atoms with Crippen molar-refractivity contribution < 1.29 is 9.53 Å². The monoisotopic (exact) mass is 439 g/mol. The van der Waals surface area contributed by atoms with E-state index in [9.17, 15) is 4.79 Å². The van der Waals surface area contributed by atoms with Gasteiger partial charge in [0.25, 0.3) is 5.91 Å². The van der Waals surface area contributed by atoms with Gasteiger partial charge in [-0.3, -0.25) is 4.79 Å². The quantitative estimate of drug-likeness (QED) is 0.678. The molecule has 1 N–H and O–H groups in total. The Kier molecular flexibility index (Phi) is 5.87. The maximum Gasteiger partial charge on any atom is 0.262 e. The van der Waals surface area contributed by atoms with E-state index in [0.717, 1.165) is 25.9 Å². The molecule has 5 heteroatoms. The van der Waals surface area contributed by atoms with Crippen molar-refractivity contribution in [3.8, 4) is 5.75 Å². The molecule has 2 aromatic rings. The van der Waals surface area contributed by atoms with Crippen LogP contribution in [-0.4, -0.2) is 12.5 Å². The first-order valence-corrected chi connectivity index (χ1v) is 8.82. The van der Waals surface area contributed by atoms with Crippen LogP contribution in [0, 0.1) is 0 Å². The number of ether oxygens (including phenoxy) is 1. The number of benzene rings is 2. The average molecular weight is 441 g/mol. The second-order valence-corrected chi connectivity index (χ2v) is 8.07. The van der Waals surface area contributed by atoms with E-state index in [2.05, 4.69) is 57.9 Å². The minimum Gasteiger partial charge on any atom is -0.483 e. The van der Waals surface area contributed by atoms with E-state index in [0.29, 0.717) is 0 Å². The molecule has 0 heterocycles. The zero-order chi connectivity index (χ0) is 17.0. The molecular formula is C18H19Br2NO2. The Morgan fingerprint density at radius 1 is 1.09 bits per heavy atom. The molecule has 0 aliphatic rings. The van der Waals surface area contributed by atoms with E-state index in [4.69, 9.17) is 4.74 Å². The Bertz CT molecular complexity index is 708. The number of nitrogens with one attached hydrogen (secondary N) is 1. The largest absolute Gasteiger partial charge is 0.483 e. The number of halogens is 2. The van der Waals surface area contributed by atoms with E-state index in [1.54, 1.807) is 0 Å². The predicted molar refractivity (Wildman–Crippen MR) is 101 cm³/mol. The third-order valence-corrected chi connectivity index (χ3v) is 4.20. The fourth-order valence-corrected chi connectivity index (χ4v) is 2.88. The van der Waals surface area contributed by atoms with Crippen LogP contribution < -0.4 is 10.1 Å². The summed E-state index contributed by atoms with van der Waals surface area (Å²) in [5.41, 5.74) is 1.72. The summed E-state index contributed by atoms with van der Waals surface area (Å²) < 4.78 is 7.65. The van der Waals surface area contributed by atoms with Gasteiger partial charge < -0.3 is 10.1 Å². The molecule has 2 rings (SSSR count). The maximum absolute atomic E-state index is 12.1. The lowest BCUT2D eigenvalue weighted by Gasteiger charge is -2.23. The van der Waals surface area contributed by atoms with Crippen LogP contribution in [0.25, 0.3) is 0 Å². The summed E-state index contributed by atoms with van der Waals surface area (Å²) in [6, 6.07) is 13.3. The molecule has 0 aliphatic heterocycles. The number of amides is 1. The van der Waals surface area contributed by atoms with Crippen LogP contribution >= 0.6 is 31.9 Å². The number of hydrogen-bond donors (Lipinski definition) is 1. The molecule has 0 spiro atoms. The Hall–Kier alpha value is -1.33. The Balaban J connectivity index is 2.05. The van der Waals surface area contributed by atoms with Crippen molar-refractivity contribution in [3.05, 3.63) is 57.0 Å². The van der Waals surface area contributed by atoms with E-state index >= 15 is 0 Å². The van der Waals surface area contributed by atoms with Crippen molar-refractivity contribution in [3.63, 3.8) is 0 Å². The fourth-order valence-electron chi connectivity index (χ4n) is 2.12. The van der Waals surface area contributed by atoms with Crippen molar-refractivity contribution in [1.82, 2.24) is 0 Å². The van der Waals surface area contributed by atoms with E-state index in [-0.39, 0.29) is 17.9 Å². The van der Waals surface area contributed by atoms with Gasteiger partial charge in [0, 0.05) is 20.2 Å². The van der Waals surface area contributed by atoms with Crippen LogP contribution in [0.5, 0.6) is 5.75 Å². The van der Waals surface area contributed by atoms with Gasteiger partial charge in [-0.05, 0) is 41.8 Å². The van der Waals surface area contributed by atoms with Crippen LogP contribution in [0.15, 0.2) is 51.4 Å². The maximum atomic E-state index is 12.1. The summed E-state index contributed by atoms with van der Waals surface area (Å²) in [6.45, 7) is 6.31. The van der Waals surface area contributed by atoms with Crippen LogP contribution in [0.2, 0.25) is 0 Å².